The van der Waals surface area contributed by atoms with Gasteiger partial charge in [-0.05, 0) is 64.7 Å². The highest BCUT2D eigenvalue weighted by molar-refractivity contribution is 6.14. The van der Waals surface area contributed by atoms with Crippen molar-refractivity contribution >= 4 is 61.1 Å². The van der Waals surface area contributed by atoms with Crippen LogP contribution in [-0.4, -0.2) is 11.9 Å². The topological polar surface area (TPSA) is 65.9 Å². The number of furan rings is 2. The van der Waals surface area contributed by atoms with Crippen LogP contribution in [0, 0.1) is 0 Å². The molecule has 0 amide bonds. The second kappa shape index (κ2) is 12.7. The average molecular weight is 737 g/mol. The van der Waals surface area contributed by atoms with E-state index in [-0.39, 0.29) is 18.4 Å². The molecule has 3 aliphatic rings. The summed E-state index contributed by atoms with van der Waals surface area (Å²) < 4.78 is 13.4. The minimum Gasteiger partial charge on any atom is -0.456 e. The lowest BCUT2D eigenvalue weighted by Gasteiger charge is -2.32. The van der Waals surface area contributed by atoms with Gasteiger partial charge in [-0.2, -0.15) is 0 Å². The molecule has 6 nitrogen and oxygen atoms in total. The molecule has 0 bridgehead atoms. The van der Waals surface area contributed by atoms with Gasteiger partial charge in [-0.25, -0.2) is 4.99 Å². The van der Waals surface area contributed by atoms with Gasteiger partial charge in [-0.3, -0.25) is 5.32 Å². The first-order valence-electron chi connectivity index (χ1n) is 19.6. The molecule has 1 aliphatic carbocycles. The number of benzene rings is 7. The highest BCUT2D eigenvalue weighted by Crippen LogP contribution is 2.50. The van der Waals surface area contributed by atoms with E-state index in [1.54, 1.807) is 0 Å². The van der Waals surface area contributed by atoms with Gasteiger partial charge in [0.1, 0.15) is 40.5 Å². The van der Waals surface area contributed by atoms with E-state index in [1.165, 1.54) is 11.3 Å². The van der Waals surface area contributed by atoms with Gasteiger partial charge in [0.25, 0.3) is 0 Å². The minimum absolute atomic E-state index is 0.215. The Balaban J connectivity index is 0.922. The van der Waals surface area contributed by atoms with Crippen molar-refractivity contribution in [2.24, 2.45) is 4.99 Å². The molecule has 7 aromatic carbocycles. The molecule has 12 rings (SSSR count). The highest BCUT2D eigenvalue weighted by Gasteiger charge is 2.38. The molecule has 6 heteroatoms. The lowest BCUT2D eigenvalue weighted by molar-refractivity contribution is 0.408. The summed E-state index contributed by atoms with van der Waals surface area (Å²) in [6, 6.07) is 55.6. The Hall–Kier alpha value is -7.15. The monoisotopic (exact) mass is 736 g/mol. The molecular formula is C51H36N4O2. The van der Waals surface area contributed by atoms with Crippen LogP contribution in [0.1, 0.15) is 40.5 Å². The van der Waals surface area contributed by atoms with Gasteiger partial charge in [0.2, 0.25) is 0 Å². The van der Waals surface area contributed by atoms with E-state index in [2.05, 4.69) is 173 Å². The zero-order valence-electron chi connectivity index (χ0n) is 30.8. The standard InChI is InChI=1S/C51H36N4O2/c1-3-13-31(14-4-1)49-52-50(32-15-5-2-6-16-32)54-51(53-49)40-20-11-19-38-37-27-25-33(29-45(37)57-48(38)40)34-26-28-39-46(30-34)56-44-24-12-23-43(47(39)44)55-41-21-9-7-17-35(41)36-18-8-10-22-42(36)55/h1-30,35,41,49,51,53H,(H,52,54). The third-order valence-corrected chi connectivity index (χ3v) is 11.9. The van der Waals surface area contributed by atoms with Crippen molar-refractivity contribution in [2.45, 2.75) is 24.3 Å². The van der Waals surface area contributed by atoms with Crippen LogP contribution in [0.25, 0.3) is 55.0 Å². The number of aliphatic imine (C=N–C) groups is 1. The van der Waals surface area contributed by atoms with Gasteiger partial charge < -0.3 is 19.1 Å². The lowest BCUT2D eigenvalue weighted by atomic mass is 9.91. The van der Waals surface area contributed by atoms with E-state index >= 15 is 0 Å². The fraction of sp³-hybridized carbons (Fsp3) is 0.0784. The quantitative estimate of drug-likeness (QED) is 0.184. The number of nitrogens with one attached hydrogen (secondary N) is 2. The predicted molar refractivity (Wildman–Crippen MR) is 231 cm³/mol. The first-order valence-corrected chi connectivity index (χ1v) is 19.6. The van der Waals surface area contributed by atoms with Gasteiger partial charge in [0, 0.05) is 38.9 Å². The SMILES string of the molecule is C1=CC2c3ccccc3N(c3cccc4oc5cc(-c6ccc7c(c6)oc6c(C8NC(c9ccccc9)=NC(c9ccccc9)N8)cccc67)ccc5c34)C2C=C1. The molecule has 4 atom stereocenters. The number of hydrogen-bond acceptors (Lipinski definition) is 6. The number of fused-ring (bicyclic) bond motifs is 9. The number of anilines is 2. The second-order valence-corrected chi connectivity index (χ2v) is 15.1. The first kappa shape index (κ1) is 32.1. The zero-order valence-corrected chi connectivity index (χ0v) is 30.8. The number of amidine groups is 1. The Labute approximate surface area is 329 Å². The van der Waals surface area contributed by atoms with Crippen LogP contribution in [0.2, 0.25) is 0 Å². The van der Waals surface area contributed by atoms with Gasteiger partial charge in [-0.1, -0.05) is 140 Å². The summed E-state index contributed by atoms with van der Waals surface area (Å²) in [6.45, 7) is 0. The predicted octanol–water partition coefficient (Wildman–Crippen LogP) is 12.2. The summed E-state index contributed by atoms with van der Waals surface area (Å²) in [5.74, 6) is 1.16. The molecule has 0 fully saturated rings. The summed E-state index contributed by atoms with van der Waals surface area (Å²) in [5.41, 5.74) is 12.5. The van der Waals surface area contributed by atoms with E-state index in [1.807, 2.05) is 24.3 Å². The molecule has 4 heterocycles. The van der Waals surface area contributed by atoms with Gasteiger partial charge >= 0.3 is 0 Å². The Bertz CT molecular complexity index is 3120. The maximum Gasteiger partial charge on any atom is 0.142 e. The second-order valence-electron chi connectivity index (χ2n) is 15.1. The van der Waals surface area contributed by atoms with Crippen molar-refractivity contribution in [1.82, 2.24) is 10.6 Å². The molecule has 2 aliphatic heterocycles. The number of rotatable bonds is 5. The van der Waals surface area contributed by atoms with Crippen molar-refractivity contribution in [3.8, 4) is 11.1 Å². The number of para-hydroxylation sites is 2. The molecule has 0 spiro atoms. The fourth-order valence-electron chi connectivity index (χ4n) is 9.25. The number of allylic oxidation sites excluding steroid dienone is 2. The van der Waals surface area contributed by atoms with Crippen LogP contribution in [0.15, 0.2) is 196 Å². The van der Waals surface area contributed by atoms with Crippen molar-refractivity contribution in [3.05, 3.63) is 204 Å². The van der Waals surface area contributed by atoms with E-state index in [0.29, 0.717) is 5.92 Å². The Kier molecular flexibility index (Phi) is 7.16. The molecular weight excluding hydrogens is 701 g/mol. The van der Waals surface area contributed by atoms with Crippen molar-refractivity contribution in [3.63, 3.8) is 0 Å². The van der Waals surface area contributed by atoms with Crippen LogP contribution in [0.5, 0.6) is 0 Å². The molecule has 2 N–H and O–H groups in total. The number of nitrogens with zero attached hydrogens (tertiary/aromatic N) is 2. The van der Waals surface area contributed by atoms with Crippen molar-refractivity contribution in [1.29, 1.82) is 0 Å². The van der Waals surface area contributed by atoms with Gasteiger partial charge in [-0.15, -0.1) is 0 Å². The maximum atomic E-state index is 6.80. The third kappa shape index (κ3) is 5.11. The first-order chi connectivity index (χ1) is 28.2. The van der Waals surface area contributed by atoms with Gasteiger partial charge in [0.05, 0.1) is 17.1 Å². The van der Waals surface area contributed by atoms with Crippen LogP contribution >= 0.6 is 0 Å². The maximum absolute atomic E-state index is 6.80. The van der Waals surface area contributed by atoms with E-state index in [9.17, 15) is 0 Å². The van der Waals surface area contributed by atoms with Crippen LogP contribution in [0.3, 0.4) is 0 Å². The molecule has 272 valence electrons. The number of hydrogen-bond donors (Lipinski definition) is 2. The molecule has 2 aromatic heterocycles. The molecule has 0 saturated carbocycles. The van der Waals surface area contributed by atoms with E-state index in [0.717, 1.165) is 83.2 Å². The fourth-order valence-corrected chi connectivity index (χ4v) is 9.25. The van der Waals surface area contributed by atoms with Crippen molar-refractivity contribution < 1.29 is 8.83 Å². The zero-order chi connectivity index (χ0) is 37.5. The van der Waals surface area contributed by atoms with E-state index < -0.39 is 0 Å². The average Bonchev–Trinajstić information content (AvgIpc) is 3.96. The summed E-state index contributed by atoms with van der Waals surface area (Å²) in [4.78, 5) is 7.59. The molecule has 0 radical (unpaired) electrons. The van der Waals surface area contributed by atoms with Crippen LogP contribution in [0.4, 0.5) is 11.4 Å². The highest BCUT2D eigenvalue weighted by atomic mass is 16.3. The van der Waals surface area contributed by atoms with Gasteiger partial charge in [0.15, 0.2) is 0 Å². The summed E-state index contributed by atoms with van der Waals surface area (Å²) in [6.07, 6.45) is 8.51. The molecule has 4 unspecified atom stereocenters. The Morgan fingerprint density at radius 2 is 1.23 bits per heavy atom. The summed E-state index contributed by atoms with van der Waals surface area (Å²) in [7, 11) is 0. The molecule has 9 aromatic rings. The summed E-state index contributed by atoms with van der Waals surface area (Å²) >= 11 is 0. The van der Waals surface area contributed by atoms with Crippen LogP contribution < -0.4 is 15.5 Å². The Morgan fingerprint density at radius 1 is 0.526 bits per heavy atom. The molecule has 57 heavy (non-hydrogen) atoms. The van der Waals surface area contributed by atoms with Crippen molar-refractivity contribution in [2.75, 3.05) is 4.90 Å². The lowest BCUT2D eigenvalue weighted by Crippen LogP contribution is -2.45. The Morgan fingerprint density at radius 3 is 2.09 bits per heavy atom. The normalized spacial score (nSPS) is 19.9. The van der Waals surface area contributed by atoms with Crippen LogP contribution in [-0.2, 0) is 0 Å². The molecule has 0 saturated heterocycles. The third-order valence-electron chi connectivity index (χ3n) is 11.9. The largest absolute Gasteiger partial charge is 0.456 e. The smallest absolute Gasteiger partial charge is 0.142 e. The van der Waals surface area contributed by atoms with E-state index in [4.69, 9.17) is 13.8 Å². The minimum atomic E-state index is -0.238. The summed E-state index contributed by atoms with van der Waals surface area (Å²) in [5, 5.41) is 11.8.